The van der Waals surface area contributed by atoms with E-state index in [9.17, 15) is 21.6 Å². The van der Waals surface area contributed by atoms with Gasteiger partial charge in [-0.3, -0.25) is 9.52 Å². The molecule has 41 heavy (non-hydrogen) atoms. The molecular weight excluding hydrogens is 605 g/mol. The van der Waals surface area contributed by atoms with Crippen molar-refractivity contribution in [1.82, 2.24) is 0 Å². The van der Waals surface area contributed by atoms with Gasteiger partial charge in [0.2, 0.25) is 0 Å². The van der Waals surface area contributed by atoms with Crippen LogP contribution in [-0.2, 0) is 28.6 Å². The molecule has 0 saturated carbocycles. The van der Waals surface area contributed by atoms with Gasteiger partial charge >= 0.3 is 5.97 Å². The molecule has 1 N–H and O–H groups in total. The maximum Gasteiger partial charge on any atom is 0.306 e. The number of nitrogens with one attached hydrogen (secondary N) is 1. The summed E-state index contributed by atoms with van der Waals surface area (Å²) in [6.45, 7) is 8.18. The molecular formula is C30H33Cl2NO6S2. The molecule has 3 aromatic carbocycles. The zero-order chi connectivity index (χ0) is 30.8. The van der Waals surface area contributed by atoms with Crippen LogP contribution in [-0.4, -0.2) is 29.9 Å². The topological polar surface area (TPSA) is 107 Å². The Morgan fingerprint density at radius 1 is 0.854 bits per heavy atom. The summed E-state index contributed by atoms with van der Waals surface area (Å²) in [5.41, 5.74) is 2.91. The van der Waals surface area contributed by atoms with Crippen LogP contribution in [0.1, 0.15) is 69.1 Å². The number of methoxy groups -OCH3 is 1. The van der Waals surface area contributed by atoms with Crippen LogP contribution in [0.15, 0.2) is 76.5 Å². The van der Waals surface area contributed by atoms with Crippen LogP contribution in [0.4, 0.5) is 5.69 Å². The number of ether oxygens (including phenoxy) is 1. The van der Waals surface area contributed by atoms with E-state index in [0.717, 1.165) is 11.1 Å². The lowest BCUT2D eigenvalue weighted by molar-refractivity contribution is -0.140. The zero-order valence-corrected chi connectivity index (χ0v) is 26.6. The first kappa shape index (κ1) is 34.2. The van der Waals surface area contributed by atoms with E-state index < -0.39 is 19.1 Å². The van der Waals surface area contributed by atoms with Gasteiger partial charge in [-0.05, 0) is 65.4 Å². The summed E-state index contributed by atoms with van der Waals surface area (Å²) in [7, 11) is -0.872. The minimum atomic E-state index is -3.77. The molecule has 0 unspecified atom stereocenters. The van der Waals surface area contributed by atoms with Crippen molar-refractivity contribution in [2.75, 3.05) is 11.8 Å². The first-order valence-electron chi connectivity index (χ1n) is 12.7. The van der Waals surface area contributed by atoms with E-state index in [-0.39, 0.29) is 22.2 Å². The van der Waals surface area contributed by atoms with Gasteiger partial charge in [-0.1, -0.05) is 75.4 Å². The maximum atomic E-state index is 12.7. The van der Waals surface area contributed by atoms with Gasteiger partial charge in [-0.15, -0.1) is 0 Å². The fourth-order valence-electron chi connectivity index (χ4n) is 3.38. The Morgan fingerprint density at radius 2 is 1.37 bits per heavy atom. The minimum Gasteiger partial charge on any atom is -0.469 e. The highest BCUT2D eigenvalue weighted by Gasteiger charge is 2.16. The number of halogens is 2. The summed E-state index contributed by atoms with van der Waals surface area (Å²) in [6.07, 6.45) is 0.454. The Hall–Kier alpha value is -3.03. The number of carbonyl (C=O) groups excluding carboxylic acids is 1. The number of benzene rings is 3. The molecule has 0 spiro atoms. The van der Waals surface area contributed by atoms with Crippen LogP contribution in [0, 0.1) is 11.8 Å². The lowest BCUT2D eigenvalue weighted by Crippen LogP contribution is -2.14. The van der Waals surface area contributed by atoms with Crippen LogP contribution in [0.3, 0.4) is 0 Å². The molecule has 0 saturated heterocycles. The van der Waals surface area contributed by atoms with Gasteiger partial charge in [0.05, 0.1) is 34.6 Å². The fourth-order valence-corrected chi connectivity index (χ4v) is 5.41. The van der Waals surface area contributed by atoms with Crippen molar-refractivity contribution < 1.29 is 26.4 Å². The number of carbonyl (C=O) groups is 1. The van der Waals surface area contributed by atoms with Crippen molar-refractivity contribution in [3.63, 3.8) is 0 Å². The van der Waals surface area contributed by atoms with Gasteiger partial charge in [-0.2, -0.15) is 0 Å². The fraction of sp³-hybridized carbons (Fsp3) is 0.300. The summed E-state index contributed by atoms with van der Waals surface area (Å²) in [5.74, 6) is 6.05. The van der Waals surface area contributed by atoms with E-state index in [1.807, 2.05) is 27.7 Å². The minimum absolute atomic E-state index is 0.151. The highest BCUT2D eigenvalue weighted by atomic mass is 35.7. The quantitative estimate of drug-likeness (QED) is 0.158. The van der Waals surface area contributed by atoms with Crippen molar-refractivity contribution in [3.8, 4) is 11.8 Å². The monoisotopic (exact) mass is 637 g/mol. The Balaban J connectivity index is 0.000000377. The molecule has 0 atom stereocenters. The molecule has 0 aromatic heterocycles. The average molecular weight is 639 g/mol. The van der Waals surface area contributed by atoms with Crippen LogP contribution < -0.4 is 4.72 Å². The Kier molecular flexibility index (Phi) is 12.7. The van der Waals surface area contributed by atoms with E-state index in [2.05, 4.69) is 21.3 Å². The predicted octanol–water partition coefficient (Wildman–Crippen LogP) is 7.31. The largest absolute Gasteiger partial charge is 0.469 e. The van der Waals surface area contributed by atoms with Crippen molar-refractivity contribution in [2.45, 2.75) is 62.2 Å². The van der Waals surface area contributed by atoms with Crippen LogP contribution in [0.25, 0.3) is 0 Å². The SMILES string of the molecule is CC(C)c1ccc(S(=O)(=O)Cl)cc1.COC(=O)CCC#Cc1cc(Cl)ccc1NS(=O)(=O)c1ccc(C(C)C)cc1. The third-order valence-electron chi connectivity index (χ3n) is 5.82. The van der Waals surface area contributed by atoms with E-state index in [0.29, 0.717) is 34.5 Å². The van der Waals surface area contributed by atoms with Gasteiger partial charge in [0, 0.05) is 22.1 Å². The summed E-state index contributed by atoms with van der Waals surface area (Å²) < 4.78 is 54.3. The second-order valence-corrected chi connectivity index (χ2v) is 14.2. The molecule has 0 aliphatic rings. The lowest BCUT2D eigenvalue weighted by atomic mass is 10.0. The molecule has 0 fully saturated rings. The average Bonchev–Trinajstić information content (AvgIpc) is 2.92. The molecule has 3 aromatic rings. The van der Waals surface area contributed by atoms with Gasteiger partial charge < -0.3 is 4.74 Å². The second kappa shape index (κ2) is 15.3. The standard InChI is InChI=1S/C21H22ClNO4S.C9H11ClO2S/c1-15(2)16-8-11-19(12-9-16)28(25,26)23-20-13-10-18(22)14-17(20)6-4-5-7-21(24)27-3;1-7(2)8-3-5-9(6-4-8)13(10,11)12/h8-15,23H,5,7H2,1-3H3;3-7H,1-2H3. The van der Waals surface area contributed by atoms with E-state index in [1.54, 1.807) is 54.6 Å². The van der Waals surface area contributed by atoms with E-state index in [1.165, 1.54) is 19.2 Å². The van der Waals surface area contributed by atoms with Crippen molar-refractivity contribution in [2.24, 2.45) is 0 Å². The summed E-state index contributed by atoms with van der Waals surface area (Å²) in [6, 6.07) is 18.1. The third kappa shape index (κ3) is 11.0. The molecule has 0 aliphatic heterocycles. The number of sulfonamides is 1. The molecule has 11 heteroatoms. The van der Waals surface area contributed by atoms with Crippen molar-refractivity contribution in [1.29, 1.82) is 0 Å². The molecule has 7 nitrogen and oxygen atoms in total. The zero-order valence-electron chi connectivity index (χ0n) is 23.4. The Morgan fingerprint density at radius 3 is 1.83 bits per heavy atom. The Bertz CT molecular complexity index is 1610. The molecule has 0 aliphatic carbocycles. The molecule has 220 valence electrons. The number of hydrogen-bond donors (Lipinski definition) is 1. The lowest BCUT2D eigenvalue weighted by Gasteiger charge is -2.11. The molecule has 3 rings (SSSR count). The molecule has 0 amide bonds. The molecule has 0 radical (unpaired) electrons. The number of rotatable bonds is 8. The number of anilines is 1. The van der Waals surface area contributed by atoms with Gasteiger partial charge in [-0.25, -0.2) is 16.8 Å². The van der Waals surface area contributed by atoms with Crippen LogP contribution in [0.2, 0.25) is 5.02 Å². The van der Waals surface area contributed by atoms with E-state index >= 15 is 0 Å². The van der Waals surface area contributed by atoms with E-state index in [4.69, 9.17) is 22.3 Å². The first-order chi connectivity index (χ1) is 19.1. The smallest absolute Gasteiger partial charge is 0.306 e. The molecule has 0 bridgehead atoms. The van der Waals surface area contributed by atoms with Crippen molar-refractivity contribution >= 4 is 53.0 Å². The summed E-state index contributed by atoms with van der Waals surface area (Å²) in [4.78, 5) is 11.5. The predicted molar refractivity (Wildman–Crippen MR) is 164 cm³/mol. The van der Waals surface area contributed by atoms with Gasteiger partial charge in [0.15, 0.2) is 0 Å². The number of esters is 1. The van der Waals surface area contributed by atoms with Crippen LogP contribution in [0.5, 0.6) is 0 Å². The maximum absolute atomic E-state index is 12.7. The first-order valence-corrected chi connectivity index (χ1v) is 16.8. The van der Waals surface area contributed by atoms with Gasteiger partial charge in [0.1, 0.15) is 0 Å². The highest BCUT2D eigenvalue weighted by molar-refractivity contribution is 8.13. The molecule has 0 heterocycles. The van der Waals surface area contributed by atoms with Crippen LogP contribution >= 0.6 is 22.3 Å². The number of hydrogen-bond acceptors (Lipinski definition) is 6. The third-order valence-corrected chi connectivity index (χ3v) is 8.80. The summed E-state index contributed by atoms with van der Waals surface area (Å²) >= 11 is 6.02. The van der Waals surface area contributed by atoms with Gasteiger partial charge in [0.25, 0.3) is 19.1 Å². The Labute approximate surface area is 252 Å². The highest BCUT2D eigenvalue weighted by Crippen LogP contribution is 2.24. The second-order valence-electron chi connectivity index (χ2n) is 9.56. The summed E-state index contributed by atoms with van der Waals surface area (Å²) in [5, 5.41) is 0.432. The van der Waals surface area contributed by atoms with Crippen molar-refractivity contribution in [3.05, 3.63) is 88.4 Å². The normalized spacial score (nSPS) is 11.2.